The van der Waals surface area contributed by atoms with Gasteiger partial charge in [0.25, 0.3) is 0 Å². The lowest BCUT2D eigenvalue weighted by atomic mass is 10.0. The summed E-state index contributed by atoms with van der Waals surface area (Å²) >= 11 is 0. The normalized spacial score (nSPS) is 10.0. The van der Waals surface area contributed by atoms with Crippen molar-refractivity contribution in [3.05, 3.63) is 46.6 Å². The van der Waals surface area contributed by atoms with Gasteiger partial charge in [-0.15, -0.1) is 0 Å². The molecule has 5 heteroatoms. The molecule has 21 heavy (non-hydrogen) atoms. The summed E-state index contributed by atoms with van der Waals surface area (Å²) in [5, 5.41) is 0. The topological polar surface area (TPSA) is 70.8 Å². The molecule has 0 spiro atoms. The highest BCUT2D eigenvalue weighted by molar-refractivity contribution is 5.77. The first-order valence-corrected chi connectivity index (χ1v) is 6.32. The molecule has 0 unspecified atom stereocenters. The number of nitrogens with two attached hydrogens (primary N) is 1. The van der Waals surface area contributed by atoms with Crippen LogP contribution in [0.4, 0.5) is 5.69 Å². The maximum absolute atomic E-state index is 12.3. The predicted octanol–water partition coefficient (Wildman–Crippen LogP) is 2.32. The maximum atomic E-state index is 12.3. The summed E-state index contributed by atoms with van der Waals surface area (Å²) in [4.78, 5) is 12.3. The molecule has 0 bridgehead atoms. The first-order chi connectivity index (χ1) is 10.1. The summed E-state index contributed by atoms with van der Waals surface area (Å²) in [6.45, 7) is 0. The van der Waals surface area contributed by atoms with Crippen molar-refractivity contribution in [2.75, 3.05) is 27.1 Å². The lowest BCUT2D eigenvalue weighted by Gasteiger charge is -2.15. The maximum Gasteiger partial charge on any atom is 0.209 e. The second-order valence-electron chi connectivity index (χ2n) is 4.30. The average Bonchev–Trinajstić information content (AvgIpc) is 2.67. The molecule has 0 aliphatic heterocycles. The van der Waals surface area contributed by atoms with E-state index in [0.29, 0.717) is 28.4 Å². The van der Waals surface area contributed by atoms with Crippen molar-refractivity contribution in [2.45, 2.75) is 0 Å². The number of methoxy groups -OCH3 is 3. The summed E-state index contributed by atoms with van der Waals surface area (Å²) < 4.78 is 16.0. The van der Waals surface area contributed by atoms with E-state index in [0.717, 1.165) is 0 Å². The smallest absolute Gasteiger partial charge is 0.209 e. The first kappa shape index (κ1) is 14.7. The molecule has 5 nitrogen and oxygen atoms in total. The van der Waals surface area contributed by atoms with E-state index in [1.165, 1.54) is 21.3 Å². The van der Waals surface area contributed by atoms with Gasteiger partial charge in [-0.25, -0.2) is 0 Å². The van der Waals surface area contributed by atoms with Gasteiger partial charge in [-0.3, -0.25) is 4.79 Å². The van der Waals surface area contributed by atoms with Crippen molar-refractivity contribution in [3.8, 4) is 28.4 Å². The van der Waals surface area contributed by atoms with Gasteiger partial charge in [-0.1, -0.05) is 18.2 Å². The van der Waals surface area contributed by atoms with Crippen molar-refractivity contribution in [2.24, 2.45) is 0 Å². The monoisotopic (exact) mass is 287 g/mol. The zero-order valence-electron chi connectivity index (χ0n) is 12.2. The van der Waals surface area contributed by atoms with Crippen LogP contribution in [0.3, 0.4) is 0 Å². The summed E-state index contributed by atoms with van der Waals surface area (Å²) in [7, 11) is 4.57. The Labute approximate surface area is 122 Å². The second kappa shape index (κ2) is 6.17. The molecule has 0 aromatic heterocycles. The highest BCUT2D eigenvalue weighted by atomic mass is 16.5. The molecule has 2 aromatic rings. The summed E-state index contributed by atoms with van der Waals surface area (Å²) in [5.74, 6) is 1.39. The molecule has 0 saturated carbocycles. The summed E-state index contributed by atoms with van der Waals surface area (Å²) in [5.41, 5.74) is 6.70. The highest BCUT2D eigenvalue weighted by Gasteiger charge is 2.18. The Hall–Kier alpha value is -2.69. The van der Waals surface area contributed by atoms with E-state index in [2.05, 4.69) is 0 Å². The third-order valence-electron chi connectivity index (χ3n) is 3.15. The van der Waals surface area contributed by atoms with Crippen LogP contribution in [0, 0.1) is 0 Å². The van der Waals surface area contributed by atoms with Gasteiger partial charge in [-0.2, -0.15) is 0 Å². The molecule has 0 radical (unpaired) electrons. The molecular weight excluding hydrogens is 270 g/mol. The lowest BCUT2D eigenvalue weighted by molar-refractivity contribution is 0.325. The van der Waals surface area contributed by atoms with Gasteiger partial charge in [0.1, 0.15) is 0 Å². The largest absolute Gasteiger partial charge is 0.493 e. The standard InChI is InChI=1S/C16H17NO4/c1-19-13-9-8-11(15(20-2)16(13)21-3)10-6-4-5-7-12(17)14(10)18/h4-9H,1-3H3,(H2,17,18). The van der Waals surface area contributed by atoms with Crippen LogP contribution in [-0.2, 0) is 0 Å². The molecule has 0 aliphatic carbocycles. The van der Waals surface area contributed by atoms with E-state index in [4.69, 9.17) is 19.9 Å². The van der Waals surface area contributed by atoms with Gasteiger partial charge in [0, 0.05) is 11.1 Å². The number of benzene rings is 1. The van der Waals surface area contributed by atoms with Crippen LogP contribution >= 0.6 is 0 Å². The lowest BCUT2D eigenvalue weighted by Crippen LogP contribution is -2.08. The number of ether oxygens (including phenoxy) is 3. The van der Waals surface area contributed by atoms with E-state index in [1.54, 1.807) is 36.4 Å². The Balaban J connectivity index is 2.80. The van der Waals surface area contributed by atoms with E-state index in [9.17, 15) is 4.79 Å². The molecular formula is C16H17NO4. The number of anilines is 1. The van der Waals surface area contributed by atoms with Crippen molar-refractivity contribution in [1.82, 2.24) is 0 Å². The Morgan fingerprint density at radius 2 is 1.48 bits per heavy atom. The minimum atomic E-state index is -0.259. The second-order valence-corrected chi connectivity index (χ2v) is 4.30. The summed E-state index contributed by atoms with van der Waals surface area (Å²) in [6.07, 6.45) is 0. The molecule has 0 aliphatic rings. The van der Waals surface area contributed by atoms with E-state index in [1.807, 2.05) is 0 Å². The first-order valence-electron chi connectivity index (χ1n) is 6.32. The Kier molecular flexibility index (Phi) is 4.33. The van der Waals surface area contributed by atoms with Gasteiger partial charge in [-0.05, 0) is 18.2 Å². The fourth-order valence-corrected chi connectivity index (χ4v) is 2.14. The molecule has 0 heterocycles. The quantitative estimate of drug-likeness (QED) is 0.934. The third kappa shape index (κ3) is 2.63. The van der Waals surface area contributed by atoms with Crippen LogP contribution < -0.4 is 25.4 Å². The van der Waals surface area contributed by atoms with Gasteiger partial charge >= 0.3 is 0 Å². The van der Waals surface area contributed by atoms with Crippen LogP contribution in [0.5, 0.6) is 17.2 Å². The van der Waals surface area contributed by atoms with Crippen LogP contribution in [0.15, 0.2) is 41.2 Å². The summed E-state index contributed by atoms with van der Waals surface area (Å²) in [6, 6.07) is 10.2. The number of hydrogen-bond donors (Lipinski definition) is 1. The minimum Gasteiger partial charge on any atom is -0.493 e. The van der Waals surface area contributed by atoms with Crippen molar-refractivity contribution >= 4 is 5.69 Å². The molecule has 2 rings (SSSR count). The van der Waals surface area contributed by atoms with Crippen LogP contribution in [0.1, 0.15) is 0 Å². The Morgan fingerprint density at radius 3 is 2.10 bits per heavy atom. The molecule has 0 saturated heterocycles. The van der Waals surface area contributed by atoms with Gasteiger partial charge in [0.05, 0.1) is 27.0 Å². The third-order valence-corrected chi connectivity index (χ3v) is 3.15. The number of hydrogen-bond acceptors (Lipinski definition) is 5. The van der Waals surface area contributed by atoms with Gasteiger partial charge in [0.15, 0.2) is 11.5 Å². The van der Waals surface area contributed by atoms with E-state index < -0.39 is 0 Å². The molecule has 0 amide bonds. The molecule has 0 atom stereocenters. The van der Waals surface area contributed by atoms with Crippen molar-refractivity contribution < 1.29 is 14.2 Å². The van der Waals surface area contributed by atoms with Crippen LogP contribution in [0.2, 0.25) is 0 Å². The number of nitrogen functional groups attached to an aromatic ring is 1. The molecule has 2 N–H and O–H groups in total. The molecule has 0 fully saturated rings. The van der Waals surface area contributed by atoms with E-state index in [-0.39, 0.29) is 11.1 Å². The van der Waals surface area contributed by atoms with Gasteiger partial charge < -0.3 is 19.9 Å². The number of rotatable bonds is 4. The minimum absolute atomic E-state index is 0.173. The Morgan fingerprint density at radius 1 is 0.810 bits per heavy atom. The van der Waals surface area contributed by atoms with Crippen molar-refractivity contribution in [1.29, 1.82) is 0 Å². The van der Waals surface area contributed by atoms with Crippen LogP contribution in [0.25, 0.3) is 11.1 Å². The van der Waals surface area contributed by atoms with Crippen molar-refractivity contribution in [3.63, 3.8) is 0 Å². The van der Waals surface area contributed by atoms with Crippen LogP contribution in [-0.4, -0.2) is 21.3 Å². The Bertz CT molecular complexity index is 713. The molecule has 110 valence electrons. The molecule has 2 aromatic carbocycles. The fraction of sp³-hybridized carbons (Fsp3) is 0.188. The zero-order valence-corrected chi connectivity index (χ0v) is 12.2. The SMILES string of the molecule is COc1ccc(-c2ccccc(N)c2=O)c(OC)c1OC. The van der Waals surface area contributed by atoms with Gasteiger partial charge in [0.2, 0.25) is 11.2 Å². The highest BCUT2D eigenvalue weighted by Crippen LogP contribution is 2.43. The van der Waals surface area contributed by atoms with E-state index >= 15 is 0 Å². The fourth-order valence-electron chi connectivity index (χ4n) is 2.14. The predicted molar refractivity (Wildman–Crippen MR) is 82.2 cm³/mol. The zero-order chi connectivity index (χ0) is 15.4. The average molecular weight is 287 g/mol.